The second-order valence-electron chi connectivity index (χ2n) is 1.41. The molecule has 10 heavy (non-hydrogen) atoms. The molecule has 0 bridgehead atoms. The summed E-state index contributed by atoms with van der Waals surface area (Å²) in [6.45, 7) is 0. The van der Waals surface area contributed by atoms with Gasteiger partial charge in [-0.3, -0.25) is 0 Å². The maximum absolute atomic E-state index is 3.50. The van der Waals surface area contributed by atoms with Gasteiger partial charge in [0, 0.05) is 41.7 Å². The van der Waals surface area contributed by atoms with Crippen molar-refractivity contribution in [2.45, 2.75) is 0 Å². The molecule has 0 fully saturated rings. The molecule has 0 aliphatic heterocycles. The van der Waals surface area contributed by atoms with Crippen LogP contribution in [-0.4, -0.2) is 14.1 Å². The van der Waals surface area contributed by atoms with Gasteiger partial charge in [-0.05, 0) is 0 Å². The molecule has 1 nitrogen and oxygen atoms in total. The first-order valence-electron chi connectivity index (χ1n) is 2.56. The van der Waals surface area contributed by atoms with Gasteiger partial charge in [-0.1, -0.05) is 0 Å². The molecule has 0 radical (unpaired) electrons. The van der Waals surface area contributed by atoms with Gasteiger partial charge >= 0.3 is 26.2 Å². The van der Waals surface area contributed by atoms with Crippen molar-refractivity contribution < 1.29 is 68.0 Å². The predicted molar refractivity (Wildman–Crippen MR) is 37.2 cm³/mol. The molecule has 0 unspecified atom stereocenters. The van der Waals surface area contributed by atoms with Crippen molar-refractivity contribution in [1.29, 1.82) is 0 Å². The van der Waals surface area contributed by atoms with Crippen molar-refractivity contribution in [3.63, 3.8) is 0 Å². The molecule has 0 saturated carbocycles. The Balaban J connectivity index is -0.0000000900. The molecule has 1 rings (SSSR count). The van der Waals surface area contributed by atoms with Gasteiger partial charge in [0.1, 0.15) is 0 Å². The van der Waals surface area contributed by atoms with Crippen molar-refractivity contribution in [2.24, 2.45) is 0 Å². The molecular weight excluding hydrogens is 329 g/mol. The fraction of sp³-hybridized carbons (Fsp3) is 0.286. The average molecular weight is 341 g/mol. The van der Waals surface area contributed by atoms with Gasteiger partial charge in [0.05, 0.1) is 0 Å². The molecule has 0 N–H and O–H groups in total. The molecular formula is C7H11CeNZr. The zero-order valence-corrected chi connectivity index (χ0v) is 11.9. The predicted octanol–water partition coefficient (Wildman–Crippen LogP) is 2.02. The van der Waals surface area contributed by atoms with Crippen LogP contribution in [-0.2, 0) is 26.2 Å². The van der Waals surface area contributed by atoms with Crippen LogP contribution < -0.4 is 0 Å². The van der Waals surface area contributed by atoms with E-state index in [1.165, 1.54) is 0 Å². The molecule has 0 saturated heterocycles. The van der Waals surface area contributed by atoms with Crippen LogP contribution in [0.15, 0.2) is 30.3 Å². The Morgan fingerprint density at radius 3 is 1.50 bits per heavy atom. The Morgan fingerprint density at radius 1 is 1.10 bits per heavy atom. The Labute approximate surface area is 116 Å². The van der Waals surface area contributed by atoms with E-state index in [2.05, 4.69) is 5.32 Å². The van der Waals surface area contributed by atoms with Crippen LogP contribution in [0, 0.1) is 41.7 Å². The van der Waals surface area contributed by atoms with Crippen LogP contribution in [0.25, 0.3) is 5.32 Å². The van der Waals surface area contributed by atoms with Crippen LogP contribution >= 0.6 is 0 Å². The van der Waals surface area contributed by atoms with Gasteiger partial charge in [0.2, 0.25) is 0 Å². The van der Waals surface area contributed by atoms with E-state index in [4.69, 9.17) is 0 Å². The van der Waals surface area contributed by atoms with E-state index in [1.807, 2.05) is 30.3 Å². The number of hydrogen-bond donors (Lipinski definition) is 0. The summed E-state index contributed by atoms with van der Waals surface area (Å²) < 4.78 is 0. The van der Waals surface area contributed by atoms with Gasteiger partial charge in [-0.15, -0.1) is 0 Å². The molecule has 0 aromatic heterocycles. The monoisotopic (exact) mass is 339 g/mol. The SMILES string of the molecule is C[N-]C.[Ce].[Zr+2].c1cc[cH-]c1. The van der Waals surface area contributed by atoms with Crippen LogP contribution in [0.5, 0.6) is 0 Å². The molecule has 1 aromatic rings. The summed E-state index contributed by atoms with van der Waals surface area (Å²) in [6.07, 6.45) is 0. The van der Waals surface area contributed by atoms with Crippen molar-refractivity contribution in [3.8, 4) is 0 Å². The van der Waals surface area contributed by atoms with Crippen LogP contribution in [0.1, 0.15) is 0 Å². The van der Waals surface area contributed by atoms with E-state index >= 15 is 0 Å². The van der Waals surface area contributed by atoms with Gasteiger partial charge in [-0.2, -0.15) is 32.3 Å². The normalized spacial score (nSPS) is 5.80. The molecule has 0 amide bonds. The van der Waals surface area contributed by atoms with Gasteiger partial charge in [0.15, 0.2) is 0 Å². The zero-order valence-electron chi connectivity index (χ0n) is 6.33. The summed E-state index contributed by atoms with van der Waals surface area (Å²) >= 11 is 0. The fourth-order valence-corrected chi connectivity index (χ4v) is 0.321. The minimum Gasteiger partial charge on any atom is -0.668 e. The number of nitrogens with zero attached hydrogens (tertiary/aromatic N) is 1. The third kappa shape index (κ3) is 16.3. The second kappa shape index (κ2) is 16.9. The quantitative estimate of drug-likeness (QED) is 0.642. The van der Waals surface area contributed by atoms with Gasteiger partial charge in [0.25, 0.3) is 0 Å². The van der Waals surface area contributed by atoms with E-state index in [1.54, 1.807) is 14.1 Å². The molecule has 0 spiro atoms. The minimum absolute atomic E-state index is 0. The molecule has 52 valence electrons. The van der Waals surface area contributed by atoms with E-state index in [9.17, 15) is 0 Å². The first-order valence-corrected chi connectivity index (χ1v) is 2.56. The number of hydrogen-bond acceptors (Lipinski definition) is 0. The van der Waals surface area contributed by atoms with E-state index in [0.29, 0.717) is 0 Å². The average Bonchev–Trinajstić information content (AvgIpc) is 2.17. The third-order valence-corrected chi connectivity index (χ3v) is 0.556. The molecule has 0 atom stereocenters. The van der Waals surface area contributed by atoms with Crippen molar-refractivity contribution >= 4 is 0 Å². The fourth-order valence-electron chi connectivity index (χ4n) is 0.321. The largest absolute Gasteiger partial charge is 2.00 e. The summed E-state index contributed by atoms with van der Waals surface area (Å²) in [5, 5.41) is 3.50. The molecule has 0 heterocycles. The minimum atomic E-state index is 0. The summed E-state index contributed by atoms with van der Waals surface area (Å²) in [6, 6.07) is 10.0. The van der Waals surface area contributed by atoms with Crippen molar-refractivity contribution in [3.05, 3.63) is 35.6 Å². The third-order valence-electron chi connectivity index (χ3n) is 0.556. The first-order chi connectivity index (χ1) is 3.91. The maximum atomic E-state index is 3.50. The van der Waals surface area contributed by atoms with Crippen LogP contribution in [0.2, 0.25) is 0 Å². The zero-order chi connectivity index (χ0) is 6.24. The summed E-state index contributed by atoms with van der Waals surface area (Å²) in [7, 11) is 3.50. The second-order valence-corrected chi connectivity index (χ2v) is 1.41. The van der Waals surface area contributed by atoms with Crippen molar-refractivity contribution in [2.75, 3.05) is 14.1 Å². The van der Waals surface area contributed by atoms with Gasteiger partial charge in [-0.25, -0.2) is 12.1 Å². The smallest absolute Gasteiger partial charge is 0.668 e. The Hall–Kier alpha value is 1.57. The topological polar surface area (TPSA) is 14.1 Å². The van der Waals surface area contributed by atoms with Gasteiger partial charge < -0.3 is 5.32 Å². The Kier molecular flexibility index (Phi) is 29.7. The van der Waals surface area contributed by atoms with Crippen molar-refractivity contribution in [1.82, 2.24) is 0 Å². The van der Waals surface area contributed by atoms with E-state index in [0.717, 1.165) is 0 Å². The van der Waals surface area contributed by atoms with Crippen LogP contribution in [0.4, 0.5) is 0 Å². The first kappa shape index (κ1) is 17.6. The van der Waals surface area contributed by atoms with E-state index in [-0.39, 0.29) is 68.0 Å². The maximum Gasteiger partial charge on any atom is 2.00 e. The molecule has 0 aliphatic rings. The Morgan fingerprint density at radius 2 is 1.40 bits per heavy atom. The standard InChI is InChI=1S/C5H5.C2H6N.Ce.Zr/c1-2-4-5-3-1;1-3-2;;/h1-5H;1-2H3;;/q2*-1;;+2. The van der Waals surface area contributed by atoms with E-state index < -0.39 is 0 Å². The summed E-state index contributed by atoms with van der Waals surface area (Å²) in [4.78, 5) is 0. The summed E-state index contributed by atoms with van der Waals surface area (Å²) in [5.74, 6) is 0. The molecule has 0 aliphatic carbocycles. The summed E-state index contributed by atoms with van der Waals surface area (Å²) in [5.41, 5.74) is 0. The number of rotatable bonds is 0. The molecule has 1 aromatic carbocycles. The molecule has 3 heteroatoms. The Bertz CT molecular complexity index is 80.5. The van der Waals surface area contributed by atoms with Crippen LogP contribution in [0.3, 0.4) is 0 Å².